The minimum atomic E-state index is 1.13. The Bertz CT molecular complexity index is 170. The molecule has 0 spiro atoms. The molecule has 18 heavy (non-hydrogen) atoms. The van der Waals surface area contributed by atoms with E-state index in [-0.39, 0.29) is 0 Å². The number of likely N-dealkylation sites (N-methyl/N-ethyl adjacent to an activating group) is 1. The summed E-state index contributed by atoms with van der Waals surface area (Å²) >= 11 is 0. The van der Waals surface area contributed by atoms with Crippen molar-refractivity contribution < 1.29 is 0 Å². The fourth-order valence-corrected chi connectivity index (χ4v) is 2.22. The first kappa shape index (κ1) is 17.7. The monoisotopic (exact) mass is 253 g/mol. The third kappa shape index (κ3) is 12.2. The van der Waals surface area contributed by atoms with E-state index in [1.165, 1.54) is 70.9 Å². The molecule has 0 aromatic heterocycles. The third-order valence-electron chi connectivity index (χ3n) is 3.65. The number of hydrogen-bond donors (Lipinski definition) is 0. The predicted molar refractivity (Wildman–Crippen MR) is 84.2 cm³/mol. The molecule has 0 N–H and O–H groups in total. The molecular weight excluding hydrogens is 218 g/mol. The number of allylic oxidation sites excluding steroid dienone is 1. The average molecular weight is 253 g/mol. The molecule has 0 amide bonds. The highest BCUT2D eigenvalue weighted by atomic mass is 15.1. The van der Waals surface area contributed by atoms with Gasteiger partial charge in [-0.15, -0.1) is 0 Å². The van der Waals surface area contributed by atoms with Crippen molar-refractivity contribution in [2.75, 3.05) is 19.6 Å². The summed E-state index contributed by atoms with van der Waals surface area (Å²) in [7, 11) is 0. The van der Waals surface area contributed by atoms with Crippen LogP contribution in [0.1, 0.15) is 78.6 Å². The van der Waals surface area contributed by atoms with E-state index in [0.29, 0.717) is 0 Å². The molecule has 0 rings (SSSR count). The average Bonchev–Trinajstić information content (AvgIpc) is 2.40. The van der Waals surface area contributed by atoms with Gasteiger partial charge in [0.05, 0.1) is 0 Å². The molecule has 0 aromatic carbocycles. The van der Waals surface area contributed by atoms with Crippen LogP contribution in [0.5, 0.6) is 0 Å². The molecule has 0 aliphatic rings. The van der Waals surface area contributed by atoms with Crippen LogP contribution in [0.15, 0.2) is 12.2 Å². The molecule has 1 heteroatoms. The van der Waals surface area contributed by atoms with Gasteiger partial charge in [-0.25, -0.2) is 0 Å². The molecule has 0 aliphatic heterocycles. The van der Waals surface area contributed by atoms with E-state index in [1.54, 1.807) is 0 Å². The summed E-state index contributed by atoms with van der Waals surface area (Å²) in [6.45, 7) is 10.2. The fourth-order valence-electron chi connectivity index (χ4n) is 2.22. The molecule has 0 aliphatic carbocycles. The normalized spacial score (nSPS) is 11.8. The van der Waals surface area contributed by atoms with Gasteiger partial charge in [0, 0.05) is 6.54 Å². The summed E-state index contributed by atoms with van der Waals surface area (Å²) in [5.74, 6) is 0. The highest BCUT2D eigenvalue weighted by molar-refractivity contribution is 4.84. The molecule has 0 saturated carbocycles. The van der Waals surface area contributed by atoms with Crippen LogP contribution in [0.2, 0.25) is 0 Å². The van der Waals surface area contributed by atoms with E-state index in [1.807, 2.05) is 0 Å². The molecule has 0 aromatic rings. The minimum absolute atomic E-state index is 1.13. The molecule has 0 fully saturated rings. The van der Waals surface area contributed by atoms with E-state index < -0.39 is 0 Å². The highest BCUT2D eigenvalue weighted by Gasteiger charge is 1.93. The maximum Gasteiger partial charge on any atom is 0.0162 e. The molecule has 0 atom stereocenters. The van der Waals surface area contributed by atoms with E-state index in [4.69, 9.17) is 0 Å². The van der Waals surface area contributed by atoms with Crippen molar-refractivity contribution >= 4 is 0 Å². The van der Waals surface area contributed by atoms with E-state index >= 15 is 0 Å². The van der Waals surface area contributed by atoms with Crippen LogP contribution in [-0.2, 0) is 0 Å². The van der Waals surface area contributed by atoms with Gasteiger partial charge in [0.1, 0.15) is 0 Å². The molecule has 0 bridgehead atoms. The van der Waals surface area contributed by atoms with Crippen LogP contribution in [0.4, 0.5) is 0 Å². The number of rotatable bonds is 13. The molecule has 108 valence electrons. The first-order valence-electron chi connectivity index (χ1n) is 8.22. The zero-order valence-electron chi connectivity index (χ0n) is 13.1. The van der Waals surface area contributed by atoms with Crippen LogP contribution < -0.4 is 0 Å². The van der Waals surface area contributed by atoms with Crippen LogP contribution >= 0.6 is 0 Å². The Balaban J connectivity index is 3.17. The second-order valence-electron chi connectivity index (χ2n) is 5.22. The molecule has 0 unspecified atom stereocenters. The fraction of sp³-hybridized carbons (Fsp3) is 0.882. The van der Waals surface area contributed by atoms with Gasteiger partial charge < -0.3 is 4.90 Å². The van der Waals surface area contributed by atoms with Gasteiger partial charge >= 0.3 is 0 Å². The lowest BCUT2D eigenvalue weighted by atomic mass is 10.1. The first-order valence-corrected chi connectivity index (χ1v) is 8.22. The van der Waals surface area contributed by atoms with Crippen LogP contribution in [0, 0.1) is 0 Å². The Morgan fingerprint density at radius 2 is 1.22 bits per heavy atom. The second kappa shape index (κ2) is 14.8. The molecule has 0 radical (unpaired) electrons. The van der Waals surface area contributed by atoms with Gasteiger partial charge in [-0.2, -0.15) is 0 Å². The van der Waals surface area contributed by atoms with Crippen molar-refractivity contribution in [2.45, 2.75) is 78.6 Å². The zero-order chi connectivity index (χ0) is 13.5. The lowest BCUT2D eigenvalue weighted by Gasteiger charge is -2.14. The van der Waals surface area contributed by atoms with Crippen molar-refractivity contribution in [2.24, 2.45) is 0 Å². The van der Waals surface area contributed by atoms with Gasteiger partial charge in [0.2, 0.25) is 0 Å². The standard InChI is InChI=1S/C17H35N/c1-4-7-8-9-10-11-12-13-14-15-16-17-18(5-2)6-3/h15-16H,4-14,17H2,1-3H3. The summed E-state index contributed by atoms with van der Waals surface area (Å²) < 4.78 is 0. The quantitative estimate of drug-likeness (QED) is 0.313. The molecule has 1 nitrogen and oxygen atoms in total. The Morgan fingerprint density at radius 3 is 1.78 bits per heavy atom. The van der Waals surface area contributed by atoms with E-state index in [9.17, 15) is 0 Å². The van der Waals surface area contributed by atoms with Crippen molar-refractivity contribution in [1.82, 2.24) is 4.90 Å². The summed E-state index contributed by atoms with van der Waals surface area (Å²) in [6.07, 6.45) is 17.3. The molecular formula is C17H35N. The van der Waals surface area contributed by atoms with E-state index in [2.05, 4.69) is 37.8 Å². The van der Waals surface area contributed by atoms with Crippen molar-refractivity contribution in [3.63, 3.8) is 0 Å². The van der Waals surface area contributed by atoms with Gasteiger partial charge in [-0.05, 0) is 25.9 Å². The topological polar surface area (TPSA) is 3.24 Å². The lowest BCUT2D eigenvalue weighted by Crippen LogP contribution is -2.22. The van der Waals surface area contributed by atoms with Gasteiger partial charge in [0.15, 0.2) is 0 Å². The predicted octanol–water partition coefficient (Wildman–Crippen LogP) is 5.42. The number of unbranched alkanes of at least 4 members (excludes halogenated alkanes) is 8. The SMILES string of the molecule is CCCCCCCCCCC=CCN(CC)CC. The van der Waals surface area contributed by atoms with E-state index in [0.717, 1.165) is 6.54 Å². The van der Waals surface area contributed by atoms with Crippen molar-refractivity contribution in [3.8, 4) is 0 Å². The maximum absolute atomic E-state index is 2.45. The molecule has 0 heterocycles. The van der Waals surface area contributed by atoms with Gasteiger partial charge in [0.25, 0.3) is 0 Å². The Morgan fingerprint density at radius 1 is 0.667 bits per heavy atom. The minimum Gasteiger partial charge on any atom is -0.300 e. The summed E-state index contributed by atoms with van der Waals surface area (Å²) in [6, 6.07) is 0. The highest BCUT2D eigenvalue weighted by Crippen LogP contribution is 2.09. The summed E-state index contributed by atoms with van der Waals surface area (Å²) in [5, 5.41) is 0. The third-order valence-corrected chi connectivity index (χ3v) is 3.65. The van der Waals surface area contributed by atoms with Crippen LogP contribution in [-0.4, -0.2) is 24.5 Å². The smallest absolute Gasteiger partial charge is 0.0162 e. The Labute approximate surface area is 116 Å². The Kier molecular flexibility index (Phi) is 14.5. The van der Waals surface area contributed by atoms with Crippen LogP contribution in [0.3, 0.4) is 0 Å². The Hall–Kier alpha value is -0.300. The van der Waals surface area contributed by atoms with Crippen molar-refractivity contribution in [3.05, 3.63) is 12.2 Å². The van der Waals surface area contributed by atoms with Crippen LogP contribution in [0.25, 0.3) is 0 Å². The number of nitrogens with zero attached hydrogens (tertiary/aromatic N) is 1. The van der Waals surface area contributed by atoms with Crippen molar-refractivity contribution in [1.29, 1.82) is 0 Å². The maximum atomic E-state index is 2.45. The summed E-state index contributed by atoms with van der Waals surface area (Å²) in [4.78, 5) is 2.45. The zero-order valence-corrected chi connectivity index (χ0v) is 13.1. The number of hydrogen-bond acceptors (Lipinski definition) is 1. The van der Waals surface area contributed by atoms with Gasteiger partial charge in [-0.3, -0.25) is 0 Å². The second-order valence-corrected chi connectivity index (χ2v) is 5.22. The first-order chi connectivity index (χ1) is 8.85. The molecule has 0 saturated heterocycles. The van der Waals surface area contributed by atoms with Gasteiger partial charge in [-0.1, -0.05) is 77.9 Å². The largest absolute Gasteiger partial charge is 0.300 e. The lowest BCUT2D eigenvalue weighted by molar-refractivity contribution is 0.337. The summed E-state index contributed by atoms with van der Waals surface area (Å²) in [5.41, 5.74) is 0.